The number of hydrogen-bond acceptors (Lipinski definition) is 3. The van der Waals surface area contributed by atoms with E-state index in [2.05, 4.69) is 21.3 Å². The maximum atomic E-state index is 10.9. The average Bonchev–Trinajstić information content (AvgIpc) is 2.63. The minimum atomic E-state index is -3.85. The van der Waals surface area contributed by atoms with Crippen LogP contribution in [0.15, 0.2) is 0 Å². The van der Waals surface area contributed by atoms with Crippen molar-refractivity contribution in [3.05, 3.63) is 0 Å². The summed E-state index contributed by atoms with van der Waals surface area (Å²) in [7, 11) is -3.85. The highest BCUT2D eigenvalue weighted by Gasteiger charge is 2.34. The van der Waals surface area contributed by atoms with Crippen molar-refractivity contribution in [3.63, 3.8) is 0 Å². The molecule has 0 saturated heterocycles. The van der Waals surface area contributed by atoms with Crippen LogP contribution in [-0.4, -0.2) is 6.61 Å². The van der Waals surface area contributed by atoms with E-state index in [1.165, 1.54) is 96.3 Å². The normalized spacial score (nSPS) is 13.8. The molecule has 0 amide bonds. The second-order valence-corrected chi connectivity index (χ2v) is 8.65. The summed E-state index contributed by atoms with van der Waals surface area (Å²) in [5.41, 5.74) is 0. The molecular formula is C20H44NO4S+2. The van der Waals surface area contributed by atoms with Crippen LogP contribution < -0.4 is 5.90 Å². The predicted octanol–water partition coefficient (Wildman–Crippen LogP) is 5.89. The number of rotatable bonds is 21. The molecule has 1 radical (unpaired) electrons. The molecule has 0 aromatic rings. The van der Waals surface area contributed by atoms with Crippen LogP contribution in [0, 0.1) is 0 Å². The molecule has 0 aromatic heterocycles. The molecule has 0 spiro atoms. The molecule has 0 aliphatic heterocycles. The van der Waals surface area contributed by atoms with Crippen LogP contribution in [0.1, 0.15) is 122 Å². The van der Waals surface area contributed by atoms with Crippen molar-refractivity contribution in [2.24, 2.45) is 0 Å². The first-order valence-corrected chi connectivity index (χ1v) is 12.3. The Morgan fingerprint density at radius 1 is 0.615 bits per heavy atom. The molecular weight excluding hydrogens is 350 g/mol. The Hall–Kier alpha value is -0.0100. The van der Waals surface area contributed by atoms with Gasteiger partial charge in [-0.25, -0.2) is 0 Å². The molecule has 0 fully saturated rings. The van der Waals surface area contributed by atoms with Crippen LogP contribution >= 0.6 is 0 Å². The van der Waals surface area contributed by atoms with Gasteiger partial charge >= 0.3 is 10.8 Å². The van der Waals surface area contributed by atoms with Crippen LogP contribution in [0.2, 0.25) is 0 Å². The molecule has 1 atom stereocenters. The zero-order chi connectivity index (χ0) is 19.3. The van der Waals surface area contributed by atoms with E-state index in [0.29, 0.717) is 0 Å². The monoisotopic (exact) mass is 394 g/mol. The molecule has 1 unspecified atom stereocenters. The van der Waals surface area contributed by atoms with Crippen molar-refractivity contribution in [3.8, 4) is 0 Å². The third-order valence-electron chi connectivity index (χ3n) is 4.87. The highest BCUT2D eigenvalue weighted by atomic mass is 32.3. The van der Waals surface area contributed by atoms with Crippen LogP contribution in [0.4, 0.5) is 0 Å². The largest absolute Gasteiger partial charge is 0.597 e. The van der Waals surface area contributed by atoms with E-state index >= 15 is 0 Å². The Morgan fingerprint density at radius 2 is 0.923 bits per heavy atom. The van der Waals surface area contributed by atoms with Gasteiger partial charge < -0.3 is 0 Å². The minimum Gasteiger partial charge on any atom is -0.155 e. The van der Waals surface area contributed by atoms with Gasteiger partial charge in [0.05, 0.1) is 4.28 Å². The highest BCUT2D eigenvalue weighted by Crippen LogP contribution is 2.14. The van der Waals surface area contributed by atoms with Gasteiger partial charge in [-0.15, -0.1) is 4.18 Å². The van der Waals surface area contributed by atoms with E-state index in [1.54, 1.807) is 0 Å². The number of unbranched alkanes of at least 4 members (excludes halogenated alkanes) is 17. The lowest BCUT2D eigenvalue weighted by atomic mass is 10.0. The maximum absolute atomic E-state index is 10.9. The summed E-state index contributed by atoms with van der Waals surface area (Å²) in [6, 6.07) is 0. The summed E-state index contributed by atoms with van der Waals surface area (Å²) >= 11 is 0. The van der Waals surface area contributed by atoms with E-state index in [0.717, 1.165) is 19.3 Å². The Labute approximate surface area is 163 Å². The van der Waals surface area contributed by atoms with Crippen molar-refractivity contribution < 1.29 is 23.1 Å². The van der Waals surface area contributed by atoms with Gasteiger partial charge in [0.1, 0.15) is 11.2 Å². The summed E-state index contributed by atoms with van der Waals surface area (Å²) in [6.45, 7) is 2.46. The van der Waals surface area contributed by atoms with Gasteiger partial charge in [-0.1, -0.05) is 116 Å². The van der Waals surface area contributed by atoms with Crippen LogP contribution in [0.3, 0.4) is 0 Å². The first-order valence-electron chi connectivity index (χ1n) is 11.0. The van der Waals surface area contributed by atoms with Gasteiger partial charge in [-0.2, -0.15) is 5.90 Å². The molecule has 0 bridgehead atoms. The Bertz CT molecular complexity index is 329. The zero-order valence-electron chi connectivity index (χ0n) is 17.2. The molecule has 0 aromatic carbocycles. The van der Waals surface area contributed by atoms with E-state index in [9.17, 15) is 8.76 Å². The first kappa shape index (κ1) is 26.0. The van der Waals surface area contributed by atoms with Gasteiger partial charge in [0, 0.05) is 4.21 Å². The SMILES string of the molecule is CCCCCCCCCCCCCCCCCCCCO[S+]([O])(=O)O[NH3+]. The summed E-state index contributed by atoms with van der Waals surface area (Å²) in [4.78, 5) is 0. The summed E-state index contributed by atoms with van der Waals surface area (Å²) in [5, 5.41) is 0. The molecule has 157 valence electrons. The van der Waals surface area contributed by atoms with Crippen molar-refractivity contribution in [2.75, 3.05) is 6.61 Å². The smallest absolute Gasteiger partial charge is 0.155 e. The highest BCUT2D eigenvalue weighted by molar-refractivity contribution is 7.88. The third kappa shape index (κ3) is 20.3. The molecule has 0 aliphatic carbocycles. The number of hydrogen-bond donors (Lipinski definition) is 1. The van der Waals surface area contributed by atoms with Gasteiger partial charge in [0.2, 0.25) is 0 Å². The molecule has 0 aliphatic rings. The number of quaternary nitrogens is 1. The van der Waals surface area contributed by atoms with Crippen LogP contribution in [0.5, 0.6) is 0 Å². The molecule has 0 saturated carbocycles. The second-order valence-electron chi connectivity index (χ2n) is 7.36. The van der Waals surface area contributed by atoms with Gasteiger partial charge in [-0.05, 0) is 6.42 Å². The predicted molar refractivity (Wildman–Crippen MR) is 107 cm³/mol. The molecule has 3 N–H and O–H groups in total. The van der Waals surface area contributed by atoms with Crippen molar-refractivity contribution >= 4 is 10.8 Å². The standard InChI is InChI=1S/C20H44NO4S/c1-2-3-4-5-6-7-8-9-10-11-12-13-14-15-16-17-18-19-20-24-26(22,23)25-21/h2-20H2,1,21H3/q+2. The quantitative estimate of drug-likeness (QED) is 0.150. The van der Waals surface area contributed by atoms with Crippen molar-refractivity contribution in [1.82, 2.24) is 0 Å². The second kappa shape index (κ2) is 19.7. The summed E-state index contributed by atoms with van der Waals surface area (Å²) in [6.07, 6.45) is 23.6. The van der Waals surface area contributed by atoms with Crippen molar-refractivity contribution in [2.45, 2.75) is 122 Å². The van der Waals surface area contributed by atoms with Gasteiger partial charge in [0.15, 0.2) is 0 Å². The lowest BCUT2D eigenvalue weighted by molar-refractivity contribution is -0.640. The van der Waals surface area contributed by atoms with Crippen molar-refractivity contribution in [1.29, 1.82) is 0 Å². The lowest BCUT2D eigenvalue weighted by Gasteiger charge is -2.03. The van der Waals surface area contributed by atoms with Gasteiger partial charge in [0.25, 0.3) is 0 Å². The average molecular weight is 395 g/mol. The molecule has 26 heavy (non-hydrogen) atoms. The maximum Gasteiger partial charge on any atom is 0.597 e. The molecule has 5 nitrogen and oxygen atoms in total. The summed E-state index contributed by atoms with van der Waals surface area (Å²) in [5.74, 6) is 2.85. The fourth-order valence-electron chi connectivity index (χ4n) is 3.20. The summed E-state index contributed by atoms with van der Waals surface area (Å²) < 4.78 is 30.3. The van der Waals surface area contributed by atoms with Crippen LogP contribution in [-0.2, 0) is 28.0 Å². The van der Waals surface area contributed by atoms with E-state index in [1.807, 2.05) is 0 Å². The Morgan fingerprint density at radius 3 is 1.23 bits per heavy atom. The Balaban J connectivity index is 3.06. The fourth-order valence-corrected chi connectivity index (χ4v) is 3.59. The van der Waals surface area contributed by atoms with E-state index < -0.39 is 10.8 Å². The zero-order valence-corrected chi connectivity index (χ0v) is 18.0. The first-order chi connectivity index (χ1) is 12.6. The molecule has 0 rings (SSSR count). The van der Waals surface area contributed by atoms with E-state index in [4.69, 9.17) is 0 Å². The lowest BCUT2D eigenvalue weighted by Crippen LogP contribution is -2.53. The molecule has 0 heterocycles. The third-order valence-corrected chi connectivity index (χ3v) is 5.61. The van der Waals surface area contributed by atoms with Gasteiger partial charge in [-0.3, -0.25) is 0 Å². The van der Waals surface area contributed by atoms with Crippen LogP contribution in [0.25, 0.3) is 0 Å². The molecule has 6 heteroatoms. The minimum absolute atomic E-state index is 0.191. The van der Waals surface area contributed by atoms with E-state index in [-0.39, 0.29) is 6.61 Å². The topological polar surface area (TPSA) is 83.1 Å². The fraction of sp³-hybridized carbons (Fsp3) is 1.00. The Kier molecular flexibility index (Phi) is 19.7.